The lowest BCUT2D eigenvalue weighted by Crippen LogP contribution is -2.23. The fourth-order valence-corrected chi connectivity index (χ4v) is 1.84. The smallest absolute Gasteiger partial charge is 0.216 e. The third-order valence-corrected chi connectivity index (χ3v) is 2.76. The predicted molar refractivity (Wildman–Crippen MR) is 71.0 cm³/mol. The summed E-state index contributed by atoms with van der Waals surface area (Å²) in [6.07, 6.45) is 2.75. The van der Waals surface area contributed by atoms with Crippen molar-refractivity contribution < 1.29 is 4.79 Å². The number of nitrogens with one attached hydrogen (secondary N) is 1. The molecule has 0 bridgehead atoms. The normalized spacial score (nSPS) is 10.3. The molecule has 4 heteroatoms. The van der Waals surface area contributed by atoms with Gasteiger partial charge in [0.15, 0.2) is 0 Å². The zero-order chi connectivity index (χ0) is 13.0. The van der Waals surface area contributed by atoms with Crippen molar-refractivity contribution in [3.05, 3.63) is 42.4 Å². The Balaban J connectivity index is 2.10. The summed E-state index contributed by atoms with van der Waals surface area (Å²) in [4.78, 5) is 15.4. The fraction of sp³-hybridized carbons (Fsp3) is 0.286. The average molecular weight is 243 g/mol. The number of benzene rings is 1. The van der Waals surface area contributed by atoms with E-state index in [4.69, 9.17) is 0 Å². The van der Waals surface area contributed by atoms with Crippen molar-refractivity contribution >= 4 is 5.91 Å². The number of hydrogen-bond acceptors (Lipinski definition) is 2. The molecule has 0 fully saturated rings. The maximum Gasteiger partial charge on any atom is 0.216 e. The summed E-state index contributed by atoms with van der Waals surface area (Å²) in [5.41, 5.74) is 2.08. The molecule has 1 N–H and O–H groups in total. The summed E-state index contributed by atoms with van der Waals surface area (Å²) in [6, 6.07) is 10.1. The fourth-order valence-electron chi connectivity index (χ4n) is 1.84. The number of nitrogens with zero attached hydrogens (tertiary/aromatic N) is 2. The van der Waals surface area contributed by atoms with Gasteiger partial charge in [0.2, 0.25) is 5.91 Å². The highest BCUT2D eigenvalue weighted by molar-refractivity contribution is 5.72. The van der Waals surface area contributed by atoms with Crippen LogP contribution in [0.25, 0.3) is 11.3 Å². The van der Waals surface area contributed by atoms with Gasteiger partial charge in [-0.3, -0.25) is 4.79 Å². The van der Waals surface area contributed by atoms with Gasteiger partial charge in [-0.2, -0.15) is 0 Å². The van der Waals surface area contributed by atoms with E-state index in [1.807, 2.05) is 48.1 Å². The lowest BCUT2D eigenvalue weighted by atomic mass is 10.2. The molecule has 0 saturated carbocycles. The number of amides is 1. The molecule has 0 aliphatic rings. The van der Waals surface area contributed by atoms with Crippen molar-refractivity contribution in [3.8, 4) is 11.3 Å². The highest BCUT2D eigenvalue weighted by atomic mass is 16.1. The van der Waals surface area contributed by atoms with Crippen LogP contribution in [0.1, 0.15) is 12.7 Å². The van der Waals surface area contributed by atoms with Gasteiger partial charge in [0.25, 0.3) is 0 Å². The van der Waals surface area contributed by atoms with Gasteiger partial charge in [0, 0.05) is 38.7 Å². The SMILES string of the molecule is CC(=O)NCCc1nc(-c2ccccc2)cn1C. The Morgan fingerprint density at radius 2 is 2.06 bits per heavy atom. The molecule has 18 heavy (non-hydrogen) atoms. The molecule has 0 radical (unpaired) electrons. The van der Waals surface area contributed by atoms with E-state index in [-0.39, 0.29) is 5.91 Å². The number of aryl methyl sites for hydroxylation is 1. The lowest BCUT2D eigenvalue weighted by Gasteiger charge is -2.01. The first-order valence-corrected chi connectivity index (χ1v) is 5.99. The minimum absolute atomic E-state index is 0.00695. The second kappa shape index (κ2) is 5.49. The minimum atomic E-state index is -0.00695. The van der Waals surface area contributed by atoms with Crippen LogP contribution in [-0.2, 0) is 18.3 Å². The highest BCUT2D eigenvalue weighted by Crippen LogP contribution is 2.17. The van der Waals surface area contributed by atoms with Gasteiger partial charge in [0.05, 0.1) is 5.69 Å². The van der Waals surface area contributed by atoms with Crippen LogP contribution in [0.2, 0.25) is 0 Å². The molecule has 0 atom stereocenters. The molecule has 0 aliphatic carbocycles. The van der Waals surface area contributed by atoms with Gasteiger partial charge >= 0.3 is 0 Å². The van der Waals surface area contributed by atoms with Crippen LogP contribution in [0.3, 0.4) is 0 Å². The summed E-state index contributed by atoms with van der Waals surface area (Å²) in [6.45, 7) is 2.14. The molecule has 0 saturated heterocycles. The van der Waals surface area contributed by atoms with Crippen molar-refractivity contribution in [1.29, 1.82) is 0 Å². The van der Waals surface area contributed by atoms with E-state index in [9.17, 15) is 4.79 Å². The summed E-state index contributed by atoms with van der Waals surface area (Å²) < 4.78 is 2.00. The van der Waals surface area contributed by atoms with Crippen molar-refractivity contribution in [2.45, 2.75) is 13.3 Å². The molecule has 1 amide bonds. The number of hydrogen-bond donors (Lipinski definition) is 1. The molecule has 1 aromatic heterocycles. The molecule has 0 aliphatic heterocycles. The van der Waals surface area contributed by atoms with E-state index in [2.05, 4.69) is 10.3 Å². The zero-order valence-corrected chi connectivity index (χ0v) is 10.7. The minimum Gasteiger partial charge on any atom is -0.356 e. The van der Waals surface area contributed by atoms with Crippen molar-refractivity contribution in [2.24, 2.45) is 7.05 Å². The third kappa shape index (κ3) is 2.97. The van der Waals surface area contributed by atoms with E-state index in [0.29, 0.717) is 6.54 Å². The summed E-state index contributed by atoms with van der Waals surface area (Å²) in [5, 5.41) is 2.78. The van der Waals surface area contributed by atoms with Gasteiger partial charge in [-0.25, -0.2) is 4.98 Å². The van der Waals surface area contributed by atoms with Crippen molar-refractivity contribution in [2.75, 3.05) is 6.54 Å². The maximum absolute atomic E-state index is 10.8. The Bertz CT molecular complexity index is 531. The molecule has 1 aromatic carbocycles. The van der Waals surface area contributed by atoms with E-state index in [1.165, 1.54) is 6.92 Å². The average Bonchev–Trinajstić information content (AvgIpc) is 2.72. The van der Waals surface area contributed by atoms with Crippen LogP contribution >= 0.6 is 0 Å². The first-order valence-electron chi connectivity index (χ1n) is 5.99. The number of carbonyl (C=O) groups is 1. The molecule has 0 spiro atoms. The molecule has 1 heterocycles. The first kappa shape index (κ1) is 12.4. The summed E-state index contributed by atoms with van der Waals surface area (Å²) in [7, 11) is 1.97. The number of aromatic nitrogens is 2. The third-order valence-electron chi connectivity index (χ3n) is 2.76. The standard InChI is InChI=1S/C14H17N3O/c1-11(18)15-9-8-14-16-13(10-17(14)2)12-6-4-3-5-7-12/h3-7,10H,8-9H2,1-2H3,(H,15,18). The summed E-state index contributed by atoms with van der Waals surface area (Å²) in [5.74, 6) is 0.968. The monoisotopic (exact) mass is 243 g/mol. The van der Waals surface area contributed by atoms with Gasteiger partial charge < -0.3 is 9.88 Å². The Labute approximate surface area is 107 Å². The van der Waals surface area contributed by atoms with Crippen LogP contribution in [0.5, 0.6) is 0 Å². The van der Waals surface area contributed by atoms with Crippen LogP contribution < -0.4 is 5.32 Å². The second-order valence-corrected chi connectivity index (χ2v) is 4.25. The Hall–Kier alpha value is -2.10. The summed E-state index contributed by atoms with van der Waals surface area (Å²) >= 11 is 0. The van der Waals surface area contributed by atoms with Gasteiger partial charge in [-0.1, -0.05) is 30.3 Å². The van der Waals surface area contributed by atoms with Crippen LogP contribution in [-0.4, -0.2) is 22.0 Å². The molecular formula is C14H17N3O. The van der Waals surface area contributed by atoms with Gasteiger partial charge in [0.1, 0.15) is 5.82 Å². The lowest BCUT2D eigenvalue weighted by molar-refractivity contribution is -0.118. The van der Waals surface area contributed by atoms with Crippen LogP contribution in [0.15, 0.2) is 36.5 Å². The maximum atomic E-state index is 10.8. The molecule has 4 nitrogen and oxygen atoms in total. The van der Waals surface area contributed by atoms with Crippen molar-refractivity contribution in [1.82, 2.24) is 14.9 Å². The largest absolute Gasteiger partial charge is 0.356 e. The van der Waals surface area contributed by atoms with Gasteiger partial charge in [-0.05, 0) is 0 Å². The molecular weight excluding hydrogens is 226 g/mol. The molecule has 94 valence electrons. The first-order chi connectivity index (χ1) is 8.66. The highest BCUT2D eigenvalue weighted by Gasteiger charge is 2.06. The van der Waals surface area contributed by atoms with E-state index < -0.39 is 0 Å². The number of rotatable bonds is 4. The number of carbonyl (C=O) groups excluding carboxylic acids is 1. The van der Waals surface area contributed by atoms with E-state index in [1.54, 1.807) is 0 Å². The molecule has 2 aromatic rings. The zero-order valence-electron chi connectivity index (χ0n) is 10.7. The second-order valence-electron chi connectivity index (χ2n) is 4.25. The molecule has 0 unspecified atom stereocenters. The van der Waals surface area contributed by atoms with E-state index >= 15 is 0 Å². The topological polar surface area (TPSA) is 46.9 Å². The Morgan fingerprint density at radius 1 is 1.33 bits per heavy atom. The van der Waals surface area contributed by atoms with Gasteiger partial charge in [-0.15, -0.1) is 0 Å². The van der Waals surface area contributed by atoms with E-state index in [0.717, 1.165) is 23.5 Å². The van der Waals surface area contributed by atoms with Crippen LogP contribution in [0, 0.1) is 0 Å². The van der Waals surface area contributed by atoms with Crippen LogP contribution in [0.4, 0.5) is 0 Å². The quantitative estimate of drug-likeness (QED) is 0.889. The number of imidazole rings is 1. The molecule has 2 rings (SSSR count). The predicted octanol–water partition coefficient (Wildman–Crippen LogP) is 1.77. The Kier molecular flexibility index (Phi) is 3.77. The Morgan fingerprint density at radius 3 is 2.72 bits per heavy atom. The van der Waals surface area contributed by atoms with Crippen molar-refractivity contribution in [3.63, 3.8) is 0 Å².